The summed E-state index contributed by atoms with van der Waals surface area (Å²) in [7, 11) is 0. The fraction of sp³-hybridized carbons (Fsp3) is 0. The normalized spacial score (nSPS) is 13.0. The molecule has 330 valence electrons. The first kappa shape index (κ1) is 41.9. The lowest BCUT2D eigenvalue weighted by Crippen LogP contribution is -2.11. The van der Waals surface area contributed by atoms with Gasteiger partial charge < -0.3 is 15.0 Å². The van der Waals surface area contributed by atoms with Crippen molar-refractivity contribution in [1.29, 1.82) is 0 Å². The Morgan fingerprint density at radius 1 is 0.318 bits per heavy atom. The van der Waals surface area contributed by atoms with Crippen molar-refractivity contribution in [2.24, 2.45) is 0 Å². The minimum Gasteiger partial charge on any atom is -0.354 e. The van der Waals surface area contributed by atoms with Gasteiger partial charge in [0.25, 0.3) is 0 Å². The van der Waals surface area contributed by atoms with E-state index in [1.54, 1.807) is 0 Å². The molecule has 0 saturated carbocycles. The van der Waals surface area contributed by atoms with Gasteiger partial charge in [0.05, 0.1) is 44.6 Å². The van der Waals surface area contributed by atoms with E-state index >= 15 is 35.1 Å². The number of H-pyrrole nitrogens is 3. The highest BCUT2D eigenvalue weighted by molar-refractivity contribution is 6.32. The number of allylic oxidation sites excluding steroid dienone is 2. The summed E-state index contributed by atoms with van der Waals surface area (Å²) in [6, 6.07) is 5.77. The molecule has 0 fully saturated rings. The predicted octanol–water partition coefficient (Wildman–Crippen LogP) is 12.9. The molecule has 4 aromatic heterocycles. The number of carbonyl (C=O) groups excluding carboxylic acids is 2. The molecule has 0 spiro atoms. The van der Waals surface area contributed by atoms with Crippen LogP contribution in [0.4, 0.5) is 65.9 Å². The number of hydrogen-bond acceptors (Lipinski definition) is 3. The maximum atomic E-state index is 16.1. The van der Waals surface area contributed by atoms with E-state index in [0.717, 1.165) is 60.7 Å². The van der Waals surface area contributed by atoms with Crippen molar-refractivity contribution >= 4 is 67.6 Å². The third-order valence-corrected chi connectivity index (χ3v) is 11.1. The zero-order chi connectivity index (χ0) is 47.1. The fourth-order valence-electron chi connectivity index (χ4n) is 8.19. The van der Waals surface area contributed by atoms with Crippen LogP contribution < -0.4 is 0 Å². The Labute approximate surface area is 354 Å². The van der Waals surface area contributed by atoms with Crippen LogP contribution in [0.1, 0.15) is 32.1 Å². The standard InChI is InChI=1S/C45H13F15N4O2/c46-29-26(30(47)36(53)41(58)35(29)52)23-13-3-4-14(61-13)24(27-31(48)37(54)42(59)38(55)32(27)49)16-7-8-18(63-16)45-22-12(2-1-11-19(65)9-10-20(66)21(11)22)44(64-45)25(17-6-5-15(23)62-17)28-33(50)39(56)43(60)40(57)34(28)51/h1-10,62-64H. The fourth-order valence-corrected chi connectivity index (χ4v) is 8.19. The molecule has 66 heavy (non-hydrogen) atoms. The van der Waals surface area contributed by atoms with Gasteiger partial charge in [-0.2, -0.15) is 0 Å². The molecule has 0 saturated heterocycles. The van der Waals surface area contributed by atoms with Gasteiger partial charge in [-0.05, 0) is 54.6 Å². The second kappa shape index (κ2) is 14.5. The molecule has 2 aliphatic rings. The van der Waals surface area contributed by atoms with Gasteiger partial charge in [0, 0.05) is 55.1 Å². The molecule has 1 aliphatic carbocycles. The highest BCUT2D eigenvalue weighted by atomic mass is 19.2. The maximum absolute atomic E-state index is 16.1. The second-order valence-corrected chi connectivity index (χ2v) is 14.6. The van der Waals surface area contributed by atoms with Crippen LogP contribution in [-0.4, -0.2) is 31.5 Å². The highest BCUT2D eigenvalue weighted by Crippen LogP contribution is 2.45. The van der Waals surface area contributed by atoms with Crippen LogP contribution in [0.15, 0.2) is 48.6 Å². The monoisotopic (exact) mass is 926 g/mol. The lowest BCUT2D eigenvalue weighted by molar-refractivity contribution is 0.0995. The Bertz CT molecular complexity index is 3740. The number of ketones is 2. The number of halogens is 15. The number of nitrogens with one attached hydrogen (secondary N) is 3. The number of carbonyl (C=O) groups is 2. The lowest BCUT2D eigenvalue weighted by Gasteiger charge is -2.12. The molecule has 8 aromatic rings. The summed E-state index contributed by atoms with van der Waals surface area (Å²) < 4.78 is 229. The maximum Gasteiger partial charge on any atom is 0.200 e. The van der Waals surface area contributed by atoms with Crippen LogP contribution in [0.3, 0.4) is 0 Å². The van der Waals surface area contributed by atoms with Gasteiger partial charge in [-0.1, -0.05) is 6.07 Å². The van der Waals surface area contributed by atoms with Gasteiger partial charge >= 0.3 is 0 Å². The number of rotatable bonds is 3. The summed E-state index contributed by atoms with van der Waals surface area (Å²) in [4.78, 5) is 38.6. The molecule has 0 radical (unpaired) electrons. The summed E-state index contributed by atoms with van der Waals surface area (Å²) >= 11 is 0. The minimum atomic E-state index is -2.64. The van der Waals surface area contributed by atoms with Crippen molar-refractivity contribution < 1.29 is 75.4 Å². The van der Waals surface area contributed by atoms with Crippen LogP contribution >= 0.6 is 0 Å². The van der Waals surface area contributed by atoms with Crippen LogP contribution in [0, 0.1) is 87.3 Å². The number of nitrogens with zero attached hydrogens (tertiary/aromatic N) is 1. The molecule has 8 bridgehead atoms. The Morgan fingerprint density at radius 3 is 1.14 bits per heavy atom. The molecule has 0 unspecified atom stereocenters. The van der Waals surface area contributed by atoms with E-state index in [9.17, 15) is 40.3 Å². The Hall–Kier alpha value is -8.10. The zero-order valence-corrected chi connectivity index (χ0v) is 31.7. The lowest BCUT2D eigenvalue weighted by atomic mass is 9.90. The van der Waals surface area contributed by atoms with E-state index in [4.69, 9.17) is 0 Å². The van der Waals surface area contributed by atoms with Crippen molar-refractivity contribution in [2.45, 2.75) is 0 Å². The topological polar surface area (TPSA) is 94.4 Å². The predicted molar refractivity (Wildman–Crippen MR) is 206 cm³/mol. The second-order valence-electron chi connectivity index (χ2n) is 14.6. The van der Waals surface area contributed by atoms with Gasteiger partial charge in [-0.15, -0.1) is 0 Å². The number of fused-ring (bicyclic) bond motifs is 14. The molecule has 21 heteroatoms. The largest absolute Gasteiger partial charge is 0.354 e. The molecule has 6 nitrogen and oxygen atoms in total. The number of hydrogen-bond donors (Lipinski definition) is 3. The summed E-state index contributed by atoms with van der Waals surface area (Å²) in [6.45, 7) is 0. The molecular weight excluding hydrogens is 913 g/mol. The SMILES string of the molecule is O=C1C=CC(=O)c2c1ccc1c3[nH]c(c4ccc([nH]4)c(-c4c(F)c(F)c(F)c(F)c4F)c4nc(c(-c5c(F)c(F)c(F)c(F)c5F)c5ccc([nH]5)c3-c3c(F)c(F)c(F)c(F)c3F)C=C4)c21. The third kappa shape index (κ3) is 5.64. The van der Waals surface area contributed by atoms with Crippen molar-refractivity contribution in [3.8, 4) is 33.4 Å². The Kier molecular flexibility index (Phi) is 9.17. The molecule has 0 atom stereocenters. The van der Waals surface area contributed by atoms with Crippen molar-refractivity contribution in [2.75, 3.05) is 0 Å². The molecule has 5 heterocycles. The zero-order valence-electron chi connectivity index (χ0n) is 31.7. The number of aromatic nitrogens is 4. The van der Waals surface area contributed by atoms with Crippen LogP contribution in [0.5, 0.6) is 0 Å². The highest BCUT2D eigenvalue weighted by Gasteiger charge is 2.34. The molecular formula is C45H13F15N4O2. The number of benzene rings is 4. The van der Waals surface area contributed by atoms with Crippen molar-refractivity contribution in [3.05, 3.63) is 158 Å². The van der Waals surface area contributed by atoms with Gasteiger partial charge in [0.2, 0.25) is 17.5 Å². The van der Waals surface area contributed by atoms with Crippen LogP contribution in [-0.2, 0) is 0 Å². The molecule has 4 aromatic carbocycles. The van der Waals surface area contributed by atoms with Crippen LogP contribution in [0.2, 0.25) is 0 Å². The number of aromatic amines is 3. The average molecular weight is 927 g/mol. The summed E-state index contributed by atoms with van der Waals surface area (Å²) in [5, 5.41) is -0.647. The Balaban J connectivity index is 1.54. The first-order chi connectivity index (χ1) is 31.3. The Morgan fingerprint density at radius 2 is 0.682 bits per heavy atom. The van der Waals surface area contributed by atoms with Crippen molar-refractivity contribution in [3.63, 3.8) is 0 Å². The van der Waals surface area contributed by atoms with Crippen LogP contribution in [0.25, 0.3) is 89.4 Å². The third-order valence-electron chi connectivity index (χ3n) is 11.1. The van der Waals surface area contributed by atoms with Gasteiger partial charge in [0.15, 0.2) is 81.4 Å². The van der Waals surface area contributed by atoms with E-state index in [0.29, 0.717) is 0 Å². The summed E-state index contributed by atoms with van der Waals surface area (Å²) in [6.07, 6.45) is 3.27. The van der Waals surface area contributed by atoms with E-state index < -0.39 is 171 Å². The molecule has 3 N–H and O–H groups in total. The van der Waals surface area contributed by atoms with Gasteiger partial charge in [-0.3, -0.25) is 9.59 Å². The van der Waals surface area contributed by atoms with E-state index in [-0.39, 0.29) is 27.4 Å². The quantitative estimate of drug-likeness (QED) is 0.0936. The summed E-state index contributed by atoms with van der Waals surface area (Å²) in [5.74, 6) is -39.3. The van der Waals surface area contributed by atoms with E-state index in [1.165, 1.54) is 0 Å². The molecule has 0 amide bonds. The van der Waals surface area contributed by atoms with E-state index in [1.807, 2.05) is 0 Å². The molecule has 1 aliphatic heterocycles. The summed E-state index contributed by atoms with van der Waals surface area (Å²) in [5.41, 5.74) is -14.1. The van der Waals surface area contributed by atoms with E-state index in [2.05, 4.69) is 19.9 Å². The smallest absolute Gasteiger partial charge is 0.200 e. The first-order valence-electron chi connectivity index (χ1n) is 18.5. The van der Waals surface area contributed by atoms with Gasteiger partial charge in [-0.25, -0.2) is 70.8 Å². The molecule has 10 rings (SSSR count). The average Bonchev–Trinajstić information content (AvgIpc) is 4.15. The first-order valence-corrected chi connectivity index (χ1v) is 18.5. The minimum absolute atomic E-state index is 0.285. The van der Waals surface area contributed by atoms with Gasteiger partial charge in [0.1, 0.15) is 0 Å². The van der Waals surface area contributed by atoms with Crippen molar-refractivity contribution in [1.82, 2.24) is 19.9 Å².